The van der Waals surface area contributed by atoms with Crippen LogP contribution in [-0.2, 0) is 34.7 Å². The van der Waals surface area contributed by atoms with Gasteiger partial charge in [0.25, 0.3) is 0 Å². The van der Waals surface area contributed by atoms with Gasteiger partial charge in [-0.1, -0.05) is 0 Å². The quantitative estimate of drug-likeness (QED) is 0.285. The predicted octanol–water partition coefficient (Wildman–Crippen LogP) is -1.44. The van der Waals surface area contributed by atoms with Crippen LogP contribution < -0.4 is 0 Å². The van der Waals surface area contributed by atoms with Crippen LogP contribution >= 0.6 is 0 Å². The van der Waals surface area contributed by atoms with Crippen LogP contribution in [0.3, 0.4) is 0 Å². The number of rotatable bonds is 0. The summed E-state index contributed by atoms with van der Waals surface area (Å²) in [5.41, 5.74) is 0. The Labute approximate surface area is 158 Å². The minimum absolute atomic E-state index is 0. The van der Waals surface area contributed by atoms with E-state index in [0.29, 0.717) is 0 Å². The summed E-state index contributed by atoms with van der Waals surface area (Å²) in [6, 6.07) is 0. The third-order valence-electron chi connectivity index (χ3n) is 0. The van der Waals surface area contributed by atoms with Gasteiger partial charge in [-0.3, -0.25) is 0 Å². The Morgan fingerprint density at radius 3 is 0.269 bits per heavy atom. The van der Waals surface area contributed by atoms with Crippen molar-refractivity contribution in [2.45, 2.75) is 0 Å². The Hall–Kier alpha value is -3.74. The van der Waals surface area contributed by atoms with E-state index in [-0.39, 0.29) is 34.7 Å². The zero-order chi connectivity index (χ0) is 21.5. The van der Waals surface area contributed by atoms with Gasteiger partial charge in [-0.05, 0) is 0 Å². The van der Waals surface area contributed by atoms with Crippen molar-refractivity contribution in [1.29, 1.82) is 0 Å². The first-order chi connectivity index (χ1) is 10.4. The third-order valence-corrected chi connectivity index (χ3v) is 0. The number of hydrogen-bond acceptors (Lipinski definition) is 18. The van der Waals surface area contributed by atoms with Crippen molar-refractivity contribution in [1.82, 2.24) is 0 Å². The molecule has 0 aromatic rings. The van der Waals surface area contributed by atoms with E-state index < -0.39 is 30.5 Å². The molecule has 0 aromatic heterocycles. The molecule has 0 amide bonds. The smallest absolute Gasteiger partial charge is 0.356 e. The van der Waals surface area contributed by atoms with Gasteiger partial charge in [-0.15, -0.1) is 0 Å². The number of nitrogens with zero attached hydrogens (tertiary/aromatic N) is 6. The van der Waals surface area contributed by atoms with Crippen molar-refractivity contribution >= 4 is 0 Å². The molecule has 0 saturated carbocycles. The molecule has 0 unspecified atom stereocenters. The maximum absolute atomic E-state index is 8.25. The first-order valence-corrected chi connectivity index (χ1v) is 3.29. The predicted molar refractivity (Wildman–Crippen MR) is 62.2 cm³/mol. The standard InChI is InChI=1S/2Cr.6NO3/c;;6*2-1(3)4/q2*+3;6*-1. The van der Waals surface area contributed by atoms with Crippen LogP contribution in [0.25, 0.3) is 0 Å². The molecule has 0 spiro atoms. The van der Waals surface area contributed by atoms with Gasteiger partial charge in [-0.25, -0.2) is 0 Å². The third kappa shape index (κ3) is 539. The monoisotopic (exact) mass is 476 g/mol. The molecule has 0 atom stereocenters. The Balaban J connectivity index is -0.0000000245. The zero-order valence-electron chi connectivity index (χ0n) is 10.8. The van der Waals surface area contributed by atoms with Crippen LogP contribution in [0, 0.1) is 91.9 Å². The second-order valence-corrected chi connectivity index (χ2v) is 1.34. The van der Waals surface area contributed by atoms with E-state index in [2.05, 4.69) is 0 Å². The second kappa shape index (κ2) is 42.9. The van der Waals surface area contributed by atoms with Crippen LogP contribution in [0.4, 0.5) is 0 Å². The van der Waals surface area contributed by atoms with Gasteiger partial charge >= 0.3 is 34.7 Å². The Morgan fingerprint density at radius 2 is 0.269 bits per heavy atom. The van der Waals surface area contributed by atoms with E-state index in [9.17, 15) is 0 Å². The van der Waals surface area contributed by atoms with E-state index in [0.717, 1.165) is 0 Å². The molecule has 2 radical (unpaired) electrons. The molecule has 26 heteroatoms. The molecule has 0 heterocycles. The topological polar surface area (TPSA) is 397 Å². The molecule has 0 rings (SSSR count). The summed E-state index contributed by atoms with van der Waals surface area (Å²) >= 11 is 0. The average Bonchev–Trinajstić information content (AvgIpc) is 2.08. The average molecular weight is 476 g/mol. The second-order valence-electron chi connectivity index (χ2n) is 1.34. The van der Waals surface area contributed by atoms with Crippen LogP contribution in [0.5, 0.6) is 0 Å². The van der Waals surface area contributed by atoms with E-state index in [1.165, 1.54) is 0 Å². The fourth-order valence-corrected chi connectivity index (χ4v) is 0. The van der Waals surface area contributed by atoms with Gasteiger partial charge < -0.3 is 91.9 Å². The van der Waals surface area contributed by atoms with E-state index in [1.807, 2.05) is 0 Å². The molecule has 0 aliphatic carbocycles. The Bertz CT molecular complexity index is 261. The first kappa shape index (κ1) is 49.5. The van der Waals surface area contributed by atoms with E-state index in [1.54, 1.807) is 0 Å². The van der Waals surface area contributed by atoms with Crippen molar-refractivity contribution in [3.8, 4) is 0 Å². The van der Waals surface area contributed by atoms with Crippen LogP contribution in [0.15, 0.2) is 0 Å². The normalized spacial score (nSPS) is 5.54. The minimum Gasteiger partial charge on any atom is -0.356 e. The Kier molecular flexibility index (Phi) is 81.7. The van der Waals surface area contributed by atoms with Crippen molar-refractivity contribution in [2.75, 3.05) is 0 Å². The first-order valence-electron chi connectivity index (χ1n) is 3.29. The fourth-order valence-electron chi connectivity index (χ4n) is 0. The van der Waals surface area contributed by atoms with Crippen molar-refractivity contribution in [2.24, 2.45) is 0 Å². The fraction of sp³-hybridized carbons (Fsp3) is 0. The zero-order valence-corrected chi connectivity index (χ0v) is 13.4. The summed E-state index contributed by atoms with van der Waals surface area (Å²) in [7, 11) is 0. The van der Waals surface area contributed by atoms with E-state index >= 15 is 0 Å². The van der Waals surface area contributed by atoms with Crippen LogP contribution in [0.1, 0.15) is 0 Å². The molecule has 0 aromatic carbocycles. The van der Waals surface area contributed by atoms with E-state index in [4.69, 9.17) is 91.9 Å². The number of hydrogen-bond donors (Lipinski definition) is 0. The van der Waals surface area contributed by atoms with Crippen molar-refractivity contribution in [3.05, 3.63) is 91.9 Å². The summed E-state index contributed by atoms with van der Waals surface area (Å²) in [5.74, 6) is 0. The molecule has 150 valence electrons. The summed E-state index contributed by atoms with van der Waals surface area (Å²) in [6.45, 7) is 0. The Morgan fingerprint density at radius 1 is 0.269 bits per heavy atom. The largest absolute Gasteiger partial charge is 3.00 e. The molecule has 0 aliphatic rings. The molecule has 0 saturated heterocycles. The molecular weight excluding hydrogens is 476 g/mol. The molecule has 26 heavy (non-hydrogen) atoms. The molecule has 0 aliphatic heterocycles. The molecule has 0 bridgehead atoms. The van der Waals surface area contributed by atoms with Crippen LogP contribution in [-0.4, -0.2) is 30.5 Å². The van der Waals surface area contributed by atoms with Crippen molar-refractivity contribution in [3.63, 3.8) is 0 Å². The van der Waals surface area contributed by atoms with Crippen molar-refractivity contribution < 1.29 is 65.2 Å². The maximum Gasteiger partial charge on any atom is 3.00 e. The van der Waals surface area contributed by atoms with Gasteiger partial charge in [0.1, 0.15) is 0 Å². The maximum atomic E-state index is 8.25. The van der Waals surface area contributed by atoms with Gasteiger partial charge in [0.2, 0.25) is 0 Å². The summed E-state index contributed by atoms with van der Waals surface area (Å²) in [6.07, 6.45) is 0. The minimum atomic E-state index is -1.75. The molecule has 0 fully saturated rings. The molecular formula is Cr2N6O18. The van der Waals surface area contributed by atoms with Gasteiger partial charge in [-0.2, -0.15) is 0 Å². The van der Waals surface area contributed by atoms with Crippen LogP contribution in [0.2, 0.25) is 0 Å². The molecule has 0 N–H and O–H groups in total. The van der Waals surface area contributed by atoms with Gasteiger partial charge in [0, 0.05) is 0 Å². The molecule has 24 nitrogen and oxygen atoms in total. The van der Waals surface area contributed by atoms with Gasteiger partial charge in [0.05, 0.1) is 30.5 Å². The SMILES string of the molecule is O=[N+]([O-])[O-].O=[N+]([O-])[O-].O=[N+]([O-])[O-].O=[N+]([O-])[O-].O=[N+]([O-])[O-].O=[N+]([O-])[O-].[Cr+3].[Cr+3]. The van der Waals surface area contributed by atoms with Gasteiger partial charge in [0.15, 0.2) is 0 Å². The summed E-state index contributed by atoms with van der Waals surface area (Å²) in [5, 5.41) is 88.5. The summed E-state index contributed by atoms with van der Waals surface area (Å²) in [4.78, 5) is 49.5. The summed E-state index contributed by atoms with van der Waals surface area (Å²) < 4.78 is 0.